The molecule has 2 N–H and O–H groups in total. The third-order valence-corrected chi connectivity index (χ3v) is 1.80. The molecular weight excluding hydrogens is 128 g/mol. The Morgan fingerprint density at radius 2 is 2.20 bits per heavy atom. The Kier molecular flexibility index (Phi) is 0.977. The Bertz CT molecular complexity index is 229. The van der Waals surface area contributed by atoms with E-state index in [1.54, 1.807) is 0 Å². The van der Waals surface area contributed by atoms with Gasteiger partial charge >= 0.3 is 0 Å². The predicted octanol–water partition coefficient (Wildman–Crippen LogP) is 0.504. The van der Waals surface area contributed by atoms with Crippen LogP contribution in [-0.4, -0.2) is 14.8 Å². The molecule has 0 unspecified atom stereocenters. The first-order valence-corrected chi connectivity index (χ1v) is 3.46. The Morgan fingerprint density at radius 1 is 1.50 bits per heavy atom. The second-order valence-electron chi connectivity index (χ2n) is 2.71. The number of nitrogens with two attached hydrogens (primary N) is 1. The molecule has 0 aliphatic heterocycles. The van der Waals surface area contributed by atoms with Gasteiger partial charge in [0.2, 0.25) is 5.95 Å². The summed E-state index contributed by atoms with van der Waals surface area (Å²) in [5.74, 6) is 1.49. The minimum absolute atomic E-state index is 0.556. The largest absolute Gasteiger partial charge is 0.368 e. The van der Waals surface area contributed by atoms with Crippen molar-refractivity contribution in [3.63, 3.8) is 0 Å². The molecule has 1 aliphatic rings. The van der Waals surface area contributed by atoms with Gasteiger partial charge in [0.1, 0.15) is 5.82 Å². The number of anilines is 1. The molecule has 4 heteroatoms. The SMILES string of the molecule is Cc1nnc(N)n1C1CC1. The van der Waals surface area contributed by atoms with E-state index in [9.17, 15) is 0 Å². The van der Waals surface area contributed by atoms with Gasteiger partial charge in [-0.2, -0.15) is 0 Å². The molecule has 4 nitrogen and oxygen atoms in total. The maximum absolute atomic E-state index is 5.57. The van der Waals surface area contributed by atoms with E-state index in [0.717, 1.165) is 5.82 Å². The van der Waals surface area contributed by atoms with Gasteiger partial charge in [0, 0.05) is 6.04 Å². The molecule has 1 aromatic heterocycles. The van der Waals surface area contributed by atoms with Crippen LogP contribution in [0.15, 0.2) is 0 Å². The third-order valence-electron chi connectivity index (χ3n) is 1.80. The zero-order valence-corrected chi connectivity index (χ0v) is 5.91. The van der Waals surface area contributed by atoms with Gasteiger partial charge in [0.15, 0.2) is 0 Å². The van der Waals surface area contributed by atoms with Crippen molar-refractivity contribution in [2.75, 3.05) is 5.73 Å². The molecule has 0 amide bonds. The van der Waals surface area contributed by atoms with Crippen molar-refractivity contribution in [2.45, 2.75) is 25.8 Å². The monoisotopic (exact) mass is 138 g/mol. The molecule has 0 saturated heterocycles. The number of nitrogens with zero attached hydrogens (tertiary/aromatic N) is 3. The lowest BCUT2D eigenvalue weighted by Gasteiger charge is -2.00. The summed E-state index contributed by atoms with van der Waals surface area (Å²) >= 11 is 0. The smallest absolute Gasteiger partial charge is 0.222 e. The van der Waals surface area contributed by atoms with E-state index in [1.807, 2.05) is 11.5 Å². The molecule has 54 valence electrons. The predicted molar refractivity (Wildman–Crippen MR) is 37.4 cm³/mol. The van der Waals surface area contributed by atoms with Gasteiger partial charge in [-0.3, -0.25) is 4.57 Å². The first-order valence-electron chi connectivity index (χ1n) is 3.46. The molecule has 1 aliphatic carbocycles. The van der Waals surface area contributed by atoms with Crippen molar-refractivity contribution in [3.05, 3.63) is 5.82 Å². The van der Waals surface area contributed by atoms with E-state index in [2.05, 4.69) is 10.2 Å². The molecule has 0 bridgehead atoms. The van der Waals surface area contributed by atoms with Crippen LogP contribution in [0.25, 0.3) is 0 Å². The van der Waals surface area contributed by atoms with Crippen LogP contribution in [0.5, 0.6) is 0 Å². The standard InChI is InChI=1S/C6H10N4/c1-4-8-9-6(7)10(4)5-2-3-5/h5H,2-3H2,1H3,(H2,7,9). The maximum Gasteiger partial charge on any atom is 0.222 e. The van der Waals surface area contributed by atoms with Crippen LogP contribution in [0, 0.1) is 6.92 Å². The van der Waals surface area contributed by atoms with E-state index in [1.165, 1.54) is 12.8 Å². The maximum atomic E-state index is 5.57. The summed E-state index contributed by atoms with van der Waals surface area (Å²) in [4.78, 5) is 0. The summed E-state index contributed by atoms with van der Waals surface area (Å²) in [6, 6.07) is 0.593. The van der Waals surface area contributed by atoms with Gasteiger partial charge in [0.25, 0.3) is 0 Å². The average Bonchev–Trinajstić information content (AvgIpc) is 2.64. The molecule has 0 atom stereocenters. The minimum Gasteiger partial charge on any atom is -0.368 e. The number of hydrogen-bond acceptors (Lipinski definition) is 3. The Balaban J connectivity index is 2.44. The summed E-state index contributed by atoms with van der Waals surface area (Å²) in [6.07, 6.45) is 2.45. The van der Waals surface area contributed by atoms with E-state index < -0.39 is 0 Å². The second kappa shape index (κ2) is 1.71. The average molecular weight is 138 g/mol. The first kappa shape index (κ1) is 5.70. The molecule has 0 aromatic carbocycles. The lowest BCUT2D eigenvalue weighted by molar-refractivity contribution is 0.720. The van der Waals surface area contributed by atoms with Gasteiger partial charge in [-0.15, -0.1) is 10.2 Å². The van der Waals surface area contributed by atoms with Crippen LogP contribution in [-0.2, 0) is 0 Å². The molecule has 1 aromatic rings. The Morgan fingerprint density at radius 3 is 2.60 bits per heavy atom. The number of aromatic nitrogens is 3. The van der Waals surface area contributed by atoms with Gasteiger partial charge in [0.05, 0.1) is 0 Å². The lowest BCUT2D eigenvalue weighted by Crippen LogP contribution is -2.02. The van der Waals surface area contributed by atoms with E-state index in [4.69, 9.17) is 5.73 Å². The fourth-order valence-electron chi connectivity index (χ4n) is 1.17. The molecule has 2 rings (SSSR count). The lowest BCUT2D eigenvalue weighted by atomic mass is 10.6. The van der Waals surface area contributed by atoms with Gasteiger partial charge in [-0.25, -0.2) is 0 Å². The molecule has 0 spiro atoms. The van der Waals surface area contributed by atoms with Crippen LogP contribution in [0.2, 0.25) is 0 Å². The van der Waals surface area contributed by atoms with E-state index in [0.29, 0.717) is 12.0 Å². The zero-order chi connectivity index (χ0) is 7.14. The number of aryl methyl sites for hydroxylation is 1. The summed E-state index contributed by atoms with van der Waals surface area (Å²) in [6.45, 7) is 1.93. The fraction of sp³-hybridized carbons (Fsp3) is 0.667. The summed E-state index contributed by atoms with van der Waals surface area (Å²) in [5, 5.41) is 7.63. The van der Waals surface area contributed by atoms with Crippen molar-refractivity contribution in [1.29, 1.82) is 0 Å². The highest BCUT2D eigenvalue weighted by atomic mass is 15.3. The van der Waals surface area contributed by atoms with Crippen molar-refractivity contribution >= 4 is 5.95 Å². The summed E-state index contributed by atoms with van der Waals surface area (Å²) in [5.41, 5.74) is 5.57. The van der Waals surface area contributed by atoms with Crippen LogP contribution in [0.1, 0.15) is 24.7 Å². The highest BCUT2D eigenvalue weighted by Crippen LogP contribution is 2.36. The van der Waals surface area contributed by atoms with Crippen LogP contribution in [0.4, 0.5) is 5.95 Å². The number of hydrogen-bond donors (Lipinski definition) is 1. The minimum atomic E-state index is 0.556. The van der Waals surface area contributed by atoms with Gasteiger partial charge in [-0.05, 0) is 19.8 Å². The van der Waals surface area contributed by atoms with Crippen molar-refractivity contribution in [3.8, 4) is 0 Å². The van der Waals surface area contributed by atoms with Gasteiger partial charge < -0.3 is 5.73 Å². The molecule has 0 radical (unpaired) electrons. The van der Waals surface area contributed by atoms with Gasteiger partial charge in [-0.1, -0.05) is 0 Å². The summed E-state index contributed by atoms with van der Waals surface area (Å²) in [7, 11) is 0. The highest BCUT2D eigenvalue weighted by Gasteiger charge is 2.26. The van der Waals surface area contributed by atoms with E-state index >= 15 is 0 Å². The molecule has 1 saturated carbocycles. The van der Waals surface area contributed by atoms with Crippen LogP contribution >= 0.6 is 0 Å². The topological polar surface area (TPSA) is 56.7 Å². The quantitative estimate of drug-likeness (QED) is 0.615. The number of nitrogen functional groups attached to an aromatic ring is 1. The Hall–Kier alpha value is -1.06. The Labute approximate surface area is 59.1 Å². The molecule has 1 fully saturated rings. The highest BCUT2D eigenvalue weighted by molar-refractivity contribution is 5.19. The fourth-order valence-corrected chi connectivity index (χ4v) is 1.17. The zero-order valence-electron chi connectivity index (χ0n) is 5.91. The first-order chi connectivity index (χ1) is 4.79. The normalized spacial score (nSPS) is 17.7. The molecule has 10 heavy (non-hydrogen) atoms. The van der Waals surface area contributed by atoms with Crippen molar-refractivity contribution < 1.29 is 0 Å². The summed E-state index contributed by atoms with van der Waals surface area (Å²) < 4.78 is 2.00. The third kappa shape index (κ3) is 0.683. The van der Waals surface area contributed by atoms with Crippen LogP contribution in [0.3, 0.4) is 0 Å². The molecule has 1 heterocycles. The van der Waals surface area contributed by atoms with Crippen molar-refractivity contribution in [2.24, 2.45) is 0 Å². The number of rotatable bonds is 1. The molecular formula is C6H10N4. The van der Waals surface area contributed by atoms with Crippen molar-refractivity contribution in [1.82, 2.24) is 14.8 Å². The van der Waals surface area contributed by atoms with E-state index in [-0.39, 0.29) is 0 Å². The van der Waals surface area contributed by atoms with Crippen LogP contribution < -0.4 is 5.73 Å². The second-order valence-corrected chi connectivity index (χ2v) is 2.71.